The van der Waals surface area contributed by atoms with Crippen LogP contribution in [0.4, 0.5) is 10.5 Å². The van der Waals surface area contributed by atoms with Crippen LogP contribution in [0.3, 0.4) is 0 Å². The Labute approximate surface area is 130 Å². The molecule has 1 N–H and O–H groups in total. The van der Waals surface area contributed by atoms with Crippen LogP contribution < -0.4 is 14.8 Å². The van der Waals surface area contributed by atoms with Crippen molar-refractivity contribution in [1.29, 1.82) is 0 Å². The molecule has 0 aliphatic heterocycles. The van der Waals surface area contributed by atoms with Gasteiger partial charge in [0, 0.05) is 24.1 Å². The van der Waals surface area contributed by atoms with Crippen LogP contribution in [0.15, 0.2) is 17.2 Å². The minimum Gasteiger partial charge on any atom is -0.493 e. The van der Waals surface area contributed by atoms with Crippen LogP contribution in [0.5, 0.6) is 11.5 Å². The highest BCUT2D eigenvalue weighted by Crippen LogP contribution is 2.37. The fraction of sp³-hybridized carbons (Fsp3) is 0.417. The summed E-state index contributed by atoms with van der Waals surface area (Å²) in [6, 6.07) is 2.63. The van der Waals surface area contributed by atoms with Crippen LogP contribution in [0, 0.1) is 10.1 Å². The zero-order chi connectivity index (χ0) is 17.2. The molecule has 1 rings (SSSR count). The molecule has 0 bridgehead atoms. The molecule has 11 nitrogen and oxygen atoms in total. The van der Waals surface area contributed by atoms with Gasteiger partial charge in [0.15, 0.2) is 11.5 Å². The molecule has 0 heterocycles. The summed E-state index contributed by atoms with van der Waals surface area (Å²) in [5.41, 5.74) is 7.91. The molecule has 0 saturated carbocycles. The van der Waals surface area contributed by atoms with Gasteiger partial charge in [-0.25, -0.2) is 4.79 Å². The Balaban J connectivity index is 2.86. The minimum atomic E-state index is -0.808. The van der Waals surface area contributed by atoms with Gasteiger partial charge in [0.2, 0.25) is 0 Å². The number of rotatable bonds is 8. The number of azide groups is 1. The van der Waals surface area contributed by atoms with Gasteiger partial charge in [-0.1, -0.05) is 5.11 Å². The molecule has 1 aromatic rings. The van der Waals surface area contributed by atoms with Gasteiger partial charge in [-0.2, -0.15) is 0 Å². The molecule has 1 aromatic carbocycles. The second-order valence-electron chi connectivity index (χ2n) is 4.01. The molecule has 0 fully saturated rings. The number of hydrogen-bond donors (Lipinski definition) is 1. The van der Waals surface area contributed by atoms with Gasteiger partial charge in [0.05, 0.1) is 19.1 Å². The predicted octanol–water partition coefficient (Wildman–Crippen LogP) is 2.15. The maximum atomic E-state index is 11.5. The molecular weight excluding hydrogens is 310 g/mol. The Hall–Kier alpha value is -3.20. The lowest BCUT2D eigenvalue weighted by atomic mass is 10.1. The van der Waals surface area contributed by atoms with E-state index in [1.807, 2.05) is 0 Å². The third kappa shape index (κ3) is 4.93. The molecular formula is C12H15N5O6. The first-order chi connectivity index (χ1) is 11.0. The van der Waals surface area contributed by atoms with E-state index in [4.69, 9.17) is 19.7 Å². The number of nitro benzene ring substituents is 1. The van der Waals surface area contributed by atoms with Gasteiger partial charge in [-0.3, -0.25) is 10.1 Å². The number of carbonyl (C=O) groups is 1. The smallest absolute Gasteiger partial charge is 0.407 e. The molecule has 0 aromatic heterocycles. The lowest BCUT2D eigenvalue weighted by molar-refractivity contribution is -0.385. The summed E-state index contributed by atoms with van der Waals surface area (Å²) < 4.78 is 15.1. The van der Waals surface area contributed by atoms with Crippen LogP contribution in [0.2, 0.25) is 0 Å². The lowest BCUT2D eigenvalue weighted by Crippen LogP contribution is -2.26. The third-order valence-corrected chi connectivity index (χ3v) is 2.71. The molecule has 0 aliphatic carbocycles. The van der Waals surface area contributed by atoms with Crippen LogP contribution in [0.25, 0.3) is 10.4 Å². The van der Waals surface area contributed by atoms with Crippen LogP contribution in [0.1, 0.15) is 5.56 Å². The van der Waals surface area contributed by atoms with E-state index < -0.39 is 11.0 Å². The van der Waals surface area contributed by atoms with E-state index in [1.54, 1.807) is 0 Å². The highest BCUT2D eigenvalue weighted by Gasteiger charge is 2.23. The molecule has 124 valence electrons. The Bertz CT molecular complexity index is 629. The predicted molar refractivity (Wildman–Crippen MR) is 78.4 cm³/mol. The van der Waals surface area contributed by atoms with Gasteiger partial charge in [-0.05, 0) is 11.6 Å². The lowest BCUT2D eigenvalue weighted by Gasteiger charge is -2.13. The van der Waals surface area contributed by atoms with Crippen molar-refractivity contribution in [2.75, 3.05) is 27.3 Å². The zero-order valence-corrected chi connectivity index (χ0v) is 12.5. The van der Waals surface area contributed by atoms with Gasteiger partial charge in [0.1, 0.15) is 12.2 Å². The molecule has 11 heteroatoms. The average Bonchev–Trinajstić information content (AvgIpc) is 2.55. The zero-order valence-electron chi connectivity index (χ0n) is 12.5. The summed E-state index contributed by atoms with van der Waals surface area (Å²) in [6.45, 7) is -0.238. The standard InChI is InChI=1S/C12H15N5O6/c1-21-10-4-3-9(17(19)20)8(11(10)22-2)7-23-12(18)14-5-6-15-16-13/h3-4H,5-7H2,1-2H3,(H,14,18). The monoisotopic (exact) mass is 325 g/mol. The van der Waals surface area contributed by atoms with Crippen molar-refractivity contribution >= 4 is 11.8 Å². The molecule has 0 saturated heterocycles. The Morgan fingerprint density at radius 3 is 2.74 bits per heavy atom. The summed E-state index contributed by atoms with van der Waals surface area (Å²) in [5.74, 6) is 0.393. The van der Waals surface area contributed by atoms with E-state index >= 15 is 0 Å². The number of amides is 1. The first kappa shape index (κ1) is 17.9. The largest absolute Gasteiger partial charge is 0.493 e. The number of ether oxygens (including phenoxy) is 3. The quantitative estimate of drug-likeness (QED) is 0.193. The van der Waals surface area contributed by atoms with Gasteiger partial charge < -0.3 is 19.5 Å². The van der Waals surface area contributed by atoms with E-state index in [9.17, 15) is 14.9 Å². The number of nitrogens with one attached hydrogen (secondary N) is 1. The molecule has 0 radical (unpaired) electrons. The minimum absolute atomic E-state index is 0.0637. The molecule has 1 amide bonds. The van der Waals surface area contributed by atoms with Gasteiger partial charge >= 0.3 is 6.09 Å². The van der Waals surface area contributed by atoms with Crippen molar-refractivity contribution in [3.63, 3.8) is 0 Å². The van der Waals surface area contributed by atoms with Crippen LogP contribution in [-0.4, -0.2) is 38.3 Å². The number of carbonyl (C=O) groups excluding carboxylic acids is 1. The fourth-order valence-corrected chi connectivity index (χ4v) is 1.73. The molecule has 0 unspecified atom stereocenters. The van der Waals surface area contributed by atoms with E-state index in [0.29, 0.717) is 0 Å². The fourth-order valence-electron chi connectivity index (χ4n) is 1.73. The Morgan fingerprint density at radius 2 is 2.17 bits per heavy atom. The summed E-state index contributed by atoms with van der Waals surface area (Å²) in [6.07, 6.45) is -0.808. The van der Waals surface area contributed by atoms with Crippen molar-refractivity contribution in [2.24, 2.45) is 5.11 Å². The first-order valence-electron chi connectivity index (χ1n) is 6.34. The first-order valence-corrected chi connectivity index (χ1v) is 6.34. The Kier molecular flexibility index (Phi) is 6.95. The number of nitro groups is 1. The van der Waals surface area contributed by atoms with Crippen molar-refractivity contribution in [3.8, 4) is 11.5 Å². The van der Waals surface area contributed by atoms with Gasteiger partial charge in [0.25, 0.3) is 5.69 Å². The highest BCUT2D eigenvalue weighted by atomic mass is 16.6. The summed E-state index contributed by atoms with van der Waals surface area (Å²) in [5, 5.41) is 16.7. The number of hydrogen-bond acceptors (Lipinski definition) is 7. The van der Waals surface area contributed by atoms with Crippen molar-refractivity contribution in [2.45, 2.75) is 6.61 Å². The number of methoxy groups -OCH3 is 2. The molecule has 0 atom stereocenters. The van der Waals surface area contributed by atoms with Gasteiger partial charge in [-0.15, -0.1) is 0 Å². The topological polar surface area (TPSA) is 149 Å². The second kappa shape index (κ2) is 8.95. The SMILES string of the molecule is COc1ccc([N+](=O)[O-])c(COC(=O)NCCN=[N+]=[N-])c1OC. The van der Waals surface area contributed by atoms with E-state index in [-0.39, 0.29) is 42.4 Å². The van der Waals surface area contributed by atoms with Crippen LogP contribution in [-0.2, 0) is 11.3 Å². The van der Waals surface area contributed by atoms with E-state index in [2.05, 4.69) is 15.3 Å². The normalized spacial score (nSPS) is 9.48. The van der Waals surface area contributed by atoms with Crippen LogP contribution >= 0.6 is 0 Å². The summed E-state index contributed by atoms with van der Waals surface area (Å²) >= 11 is 0. The maximum absolute atomic E-state index is 11.5. The third-order valence-electron chi connectivity index (χ3n) is 2.71. The van der Waals surface area contributed by atoms with Crippen molar-refractivity contribution in [1.82, 2.24) is 5.32 Å². The average molecular weight is 325 g/mol. The molecule has 0 spiro atoms. The number of nitrogens with zero attached hydrogens (tertiary/aromatic N) is 4. The van der Waals surface area contributed by atoms with Crippen molar-refractivity contribution < 1.29 is 23.9 Å². The van der Waals surface area contributed by atoms with E-state index in [0.717, 1.165) is 0 Å². The van der Waals surface area contributed by atoms with E-state index in [1.165, 1.54) is 26.4 Å². The number of alkyl carbamates (subject to hydrolysis) is 1. The molecule has 0 aliphatic rings. The highest BCUT2D eigenvalue weighted by molar-refractivity contribution is 5.67. The second-order valence-corrected chi connectivity index (χ2v) is 4.01. The summed E-state index contributed by atoms with van der Waals surface area (Å²) in [4.78, 5) is 24.5. The Morgan fingerprint density at radius 1 is 1.43 bits per heavy atom. The molecule has 23 heavy (non-hydrogen) atoms. The maximum Gasteiger partial charge on any atom is 0.407 e. The summed E-state index contributed by atoms with van der Waals surface area (Å²) in [7, 11) is 2.71. The number of benzene rings is 1. The van der Waals surface area contributed by atoms with Crippen molar-refractivity contribution in [3.05, 3.63) is 38.3 Å².